The molecule has 3 nitrogen and oxygen atoms in total. The first-order chi connectivity index (χ1) is 9.74. The number of hydrogen-bond donors (Lipinski definition) is 1. The van der Waals surface area contributed by atoms with E-state index in [1.807, 2.05) is 7.05 Å². The number of aryl methyl sites for hydroxylation is 1. The molecule has 1 fully saturated rings. The van der Waals surface area contributed by atoms with Gasteiger partial charge in [-0.1, -0.05) is 23.8 Å². The molecule has 0 aromatic heterocycles. The van der Waals surface area contributed by atoms with E-state index < -0.39 is 5.79 Å². The van der Waals surface area contributed by atoms with E-state index in [1.165, 1.54) is 16.7 Å². The van der Waals surface area contributed by atoms with Gasteiger partial charge in [0.15, 0.2) is 0 Å². The van der Waals surface area contributed by atoms with Gasteiger partial charge in [0.25, 0.3) is 0 Å². The molecule has 1 heterocycles. The van der Waals surface area contributed by atoms with Crippen molar-refractivity contribution in [2.75, 3.05) is 25.6 Å². The van der Waals surface area contributed by atoms with Crippen molar-refractivity contribution in [3.63, 3.8) is 0 Å². The molecule has 0 atom stereocenters. The highest BCUT2D eigenvalue weighted by atomic mass is 16.7. The Labute approximate surface area is 118 Å². The second-order valence-corrected chi connectivity index (χ2v) is 5.37. The van der Waals surface area contributed by atoms with E-state index in [0.29, 0.717) is 13.2 Å². The lowest BCUT2D eigenvalue weighted by Crippen LogP contribution is -2.26. The van der Waals surface area contributed by atoms with Gasteiger partial charge < -0.3 is 14.8 Å². The maximum absolute atomic E-state index is 6.06. The van der Waals surface area contributed by atoms with Crippen molar-refractivity contribution < 1.29 is 9.47 Å². The molecular weight excluding hydrogens is 250 g/mol. The third-order valence-electron chi connectivity index (χ3n) is 4.18. The molecule has 0 amide bonds. The lowest BCUT2D eigenvalue weighted by Gasteiger charge is -2.25. The first-order valence-corrected chi connectivity index (χ1v) is 6.96. The fourth-order valence-electron chi connectivity index (χ4n) is 3.24. The van der Waals surface area contributed by atoms with Crippen molar-refractivity contribution in [1.29, 1.82) is 0 Å². The molecule has 2 aromatic carbocycles. The Hall–Kier alpha value is -1.84. The van der Waals surface area contributed by atoms with Gasteiger partial charge in [-0.3, -0.25) is 0 Å². The Balaban J connectivity index is 2.03. The summed E-state index contributed by atoms with van der Waals surface area (Å²) < 4.78 is 12.1. The highest BCUT2D eigenvalue weighted by Gasteiger charge is 2.48. The molecule has 2 aliphatic rings. The van der Waals surface area contributed by atoms with Crippen molar-refractivity contribution >= 4 is 5.69 Å². The van der Waals surface area contributed by atoms with Gasteiger partial charge in [-0.15, -0.1) is 0 Å². The maximum Gasteiger partial charge on any atom is 0.223 e. The largest absolute Gasteiger partial charge is 0.388 e. The number of nitrogens with one attached hydrogen (secondary N) is 1. The van der Waals surface area contributed by atoms with E-state index in [4.69, 9.17) is 9.47 Å². The molecule has 0 bridgehead atoms. The van der Waals surface area contributed by atoms with Gasteiger partial charge in [0.05, 0.1) is 13.2 Å². The van der Waals surface area contributed by atoms with Gasteiger partial charge in [-0.25, -0.2) is 0 Å². The van der Waals surface area contributed by atoms with Crippen LogP contribution < -0.4 is 5.32 Å². The van der Waals surface area contributed by atoms with E-state index in [-0.39, 0.29) is 0 Å². The molecule has 4 rings (SSSR count). The lowest BCUT2D eigenvalue weighted by molar-refractivity contribution is -0.126. The Morgan fingerprint density at radius 2 is 1.60 bits per heavy atom. The third kappa shape index (κ3) is 1.42. The summed E-state index contributed by atoms with van der Waals surface area (Å²) in [7, 11) is 1.93. The Morgan fingerprint density at radius 1 is 0.950 bits per heavy atom. The first kappa shape index (κ1) is 11.9. The predicted molar refractivity (Wildman–Crippen MR) is 78.8 cm³/mol. The number of hydrogen-bond acceptors (Lipinski definition) is 3. The third-order valence-corrected chi connectivity index (χ3v) is 4.18. The molecule has 0 saturated carbocycles. The number of rotatable bonds is 1. The molecule has 1 spiro atoms. The smallest absolute Gasteiger partial charge is 0.223 e. The Kier molecular flexibility index (Phi) is 2.43. The monoisotopic (exact) mass is 267 g/mol. The topological polar surface area (TPSA) is 30.5 Å². The summed E-state index contributed by atoms with van der Waals surface area (Å²) in [6, 6.07) is 12.9. The van der Waals surface area contributed by atoms with Crippen LogP contribution in [0.15, 0.2) is 36.4 Å². The molecule has 1 N–H and O–H groups in total. The zero-order valence-corrected chi connectivity index (χ0v) is 11.7. The van der Waals surface area contributed by atoms with Crippen molar-refractivity contribution in [3.8, 4) is 11.1 Å². The van der Waals surface area contributed by atoms with Gasteiger partial charge >= 0.3 is 0 Å². The van der Waals surface area contributed by atoms with Crippen LogP contribution in [0.25, 0.3) is 11.1 Å². The van der Waals surface area contributed by atoms with Crippen LogP contribution in [-0.2, 0) is 15.3 Å². The average Bonchev–Trinajstić information content (AvgIpc) is 3.05. The van der Waals surface area contributed by atoms with Crippen LogP contribution in [-0.4, -0.2) is 20.3 Å². The summed E-state index contributed by atoms with van der Waals surface area (Å²) >= 11 is 0. The lowest BCUT2D eigenvalue weighted by atomic mass is 10.0. The molecule has 2 aromatic rings. The first-order valence-electron chi connectivity index (χ1n) is 6.96. The summed E-state index contributed by atoms with van der Waals surface area (Å²) in [5, 5.41) is 3.19. The second-order valence-electron chi connectivity index (χ2n) is 5.37. The number of benzene rings is 2. The molecule has 102 valence electrons. The van der Waals surface area contributed by atoms with Gasteiger partial charge in [-0.2, -0.15) is 0 Å². The van der Waals surface area contributed by atoms with Crippen LogP contribution in [0.3, 0.4) is 0 Å². The Bertz CT molecular complexity index is 687. The average molecular weight is 267 g/mol. The van der Waals surface area contributed by atoms with E-state index >= 15 is 0 Å². The fraction of sp³-hybridized carbons (Fsp3) is 0.294. The van der Waals surface area contributed by atoms with Crippen molar-refractivity contribution in [2.24, 2.45) is 0 Å². The minimum absolute atomic E-state index is 0.636. The van der Waals surface area contributed by atoms with Crippen LogP contribution in [0.1, 0.15) is 16.7 Å². The maximum atomic E-state index is 6.06. The van der Waals surface area contributed by atoms with Crippen LogP contribution >= 0.6 is 0 Å². The highest BCUT2D eigenvalue weighted by Crippen LogP contribution is 2.52. The molecule has 1 aliphatic heterocycles. The molecule has 1 saturated heterocycles. The van der Waals surface area contributed by atoms with Gasteiger partial charge in [0.2, 0.25) is 5.79 Å². The fourth-order valence-corrected chi connectivity index (χ4v) is 3.24. The number of ether oxygens (including phenoxy) is 2. The van der Waals surface area contributed by atoms with Crippen LogP contribution in [0.2, 0.25) is 0 Å². The van der Waals surface area contributed by atoms with Crippen molar-refractivity contribution in [1.82, 2.24) is 0 Å². The molecular formula is C17H17NO2. The Morgan fingerprint density at radius 3 is 2.30 bits per heavy atom. The van der Waals surface area contributed by atoms with Gasteiger partial charge in [-0.05, 0) is 36.2 Å². The predicted octanol–water partition coefficient (Wildman–Crippen LogP) is 3.27. The quantitative estimate of drug-likeness (QED) is 0.860. The second kappa shape index (κ2) is 4.08. The van der Waals surface area contributed by atoms with Crippen LogP contribution in [0.4, 0.5) is 5.69 Å². The van der Waals surface area contributed by atoms with E-state index in [2.05, 4.69) is 48.6 Å². The van der Waals surface area contributed by atoms with Crippen LogP contribution in [0.5, 0.6) is 0 Å². The van der Waals surface area contributed by atoms with Crippen molar-refractivity contribution in [3.05, 3.63) is 53.1 Å². The summed E-state index contributed by atoms with van der Waals surface area (Å²) in [5.74, 6) is -0.705. The van der Waals surface area contributed by atoms with E-state index in [1.54, 1.807) is 0 Å². The minimum Gasteiger partial charge on any atom is -0.388 e. The van der Waals surface area contributed by atoms with Gasteiger partial charge in [0, 0.05) is 23.9 Å². The van der Waals surface area contributed by atoms with E-state index in [0.717, 1.165) is 16.8 Å². The summed E-state index contributed by atoms with van der Waals surface area (Å²) in [6.07, 6.45) is 0. The van der Waals surface area contributed by atoms with E-state index in [9.17, 15) is 0 Å². The standard InChI is InChI=1S/C17H17NO2/c1-11-3-5-13-14-6-4-12(18-2)10-16(14)17(15(13)9-11)19-7-8-20-17/h3-6,9-10,18H,7-8H2,1-2H3. The van der Waals surface area contributed by atoms with Crippen molar-refractivity contribution in [2.45, 2.75) is 12.7 Å². The number of fused-ring (bicyclic) bond motifs is 5. The zero-order valence-electron chi connectivity index (χ0n) is 11.7. The minimum atomic E-state index is -0.705. The summed E-state index contributed by atoms with van der Waals surface area (Å²) in [6.45, 7) is 3.37. The normalized spacial score (nSPS) is 18.1. The molecule has 20 heavy (non-hydrogen) atoms. The summed E-state index contributed by atoms with van der Waals surface area (Å²) in [4.78, 5) is 0. The molecule has 3 heteroatoms. The number of anilines is 1. The zero-order chi connectivity index (χ0) is 13.7. The summed E-state index contributed by atoms with van der Waals surface area (Å²) in [5.41, 5.74) is 6.98. The van der Waals surface area contributed by atoms with Gasteiger partial charge in [0.1, 0.15) is 0 Å². The SMILES string of the molecule is CNc1ccc2c(c1)C1(OCCO1)c1cc(C)ccc1-2. The van der Waals surface area contributed by atoms with Crippen LogP contribution in [0, 0.1) is 6.92 Å². The molecule has 0 radical (unpaired) electrons. The highest BCUT2D eigenvalue weighted by molar-refractivity contribution is 5.81. The molecule has 1 aliphatic carbocycles. The molecule has 0 unspecified atom stereocenters.